The lowest BCUT2D eigenvalue weighted by Gasteiger charge is -2.26. The summed E-state index contributed by atoms with van der Waals surface area (Å²) >= 11 is 7.39. The number of hydrogen-bond donors (Lipinski definition) is 2. The van der Waals surface area contributed by atoms with Crippen LogP contribution in [0.4, 0.5) is 5.69 Å². The predicted octanol–water partition coefficient (Wildman–Crippen LogP) is 4.76. The topological polar surface area (TPSA) is 27.3 Å². The van der Waals surface area contributed by atoms with Gasteiger partial charge in [0, 0.05) is 33.0 Å². The fourth-order valence-electron chi connectivity index (χ4n) is 3.33. The van der Waals surface area contributed by atoms with Crippen LogP contribution in [-0.4, -0.2) is 26.8 Å². The van der Waals surface area contributed by atoms with Gasteiger partial charge in [-0.25, -0.2) is 0 Å². The number of fused-ring (bicyclic) bond motifs is 2. The van der Waals surface area contributed by atoms with Crippen molar-refractivity contribution in [3.05, 3.63) is 56.6 Å². The molecule has 2 N–H and O–H groups in total. The molecule has 3 rings (SSSR count). The molecule has 0 fully saturated rings. The standard InChI is InChI=1S/C19H23Br2N3/c1-22-19(23-2)9-11-24-10-8-15-14(4-3-5-17(15)21)16-12-13(20)6-7-18(16)24/h5-8,10,12,19,22-23H,3-4,9,11H2,1-2H3. The van der Waals surface area contributed by atoms with Crippen LogP contribution in [-0.2, 0) is 0 Å². The van der Waals surface area contributed by atoms with Crippen LogP contribution in [0, 0.1) is 0 Å². The lowest BCUT2D eigenvalue weighted by atomic mass is 9.91. The van der Waals surface area contributed by atoms with E-state index in [-0.39, 0.29) is 0 Å². The smallest absolute Gasteiger partial charge is 0.0583 e. The molecule has 0 radical (unpaired) electrons. The molecular weight excluding hydrogens is 430 g/mol. The van der Waals surface area contributed by atoms with E-state index < -0.39 is 0 Å². The van der Waals surface area contributed by atoms with E-state index in [2.05, 4.69) is 83.9 Å². The van der Waals surface area contributed by atoms with E-state index in [1.165, 1.54) is 26.9 Å². The number of allylic oxidation sites excluding steroid dienone is 5. The summed E-state index contributed by atoms with van der Waals surface area (Å²) in [5.74, 6) is 0. The number of hydrogen-bond acceptors (Lipinski definition) is 3. The normalized spacial score (nSPS) is 16.9. The molecule has 0 bridgehead atoms. The highest BCUT2D eigenvalue weighted by molar-refractivity contribution is 9.12. The molecule has 0 spiro atoms. The van der Waals surface area contributed by atoms with Crippen molar-refractivity contribution in [3.8, 4) is 0 Å². The Labute approximate surface area is 161 Å². The van der Waals surface area contributed by atoms with E-state index in [0.717, 1.165) is 30.3 Å². The zero-order valence-electron chi connectivity index (χ0n) is 14.1. The molecule has 1 aromatic rings. The summed E-state index contributed by atoms with van der Waals surface area (Å²) in [6.45, 7) is 0.958. The van der Waals surface area contributed by atoms with Crippen LogP contribution < -0.4 is 15.5 Å². The Balaban J connectivity index is 1.98. The molecule has 0 atom stereocenters. The molecule has 1 aromatic carbocycles. The SMILES string of the molecule is CNC(CCN1C=CC2=C(CCC=C2Br)c2cc(Br)ccc21)NC. The monoisotopic (exact) mass is 451 g/mol. The molecule has 0 unspecified atom stereocenters. The van der Waals surface area contributed by atoms with Gasteiger partial charge in [-0.1, -0.05) is 37.9 Å². The molecule has 1 aliphatic carbocycles. The molecule has 2 aliphatic rings. The number of rotatable bonds is 5. The van der Waals surface area contributed by atoms with Crippen LogP contribution >= 0.6 is 31.9 Å². The first-order chi connectivity index (χ1) is 11.6. The lowest BCUT2D eigenvalue weighted by molar-refractivity contribution is 0.466. The predicted molar refractivity (Wildman–Crippen MR) is 110 cm³/mol. The maximum absolute atomic E-state index is 3.74. The molecule has 1 aliphatic heterocycles. The van der Waals surface area contributed by atoms with Gasteiger partial charge >= 0.3 is 0 Å². The lowest BCUT2D eigenvalue weighted by Crippen LogP contribution is -2.40. The zero-order chi connectivity index (χ0) is 17.1. The summed E-state index contributed by atoms with van der Waals surface area (Å²) in [4.78, 5) is 2.36. The molecular formula is C19H23Br2N3. The second kappa shape index (κ2) is 8.00. The minimum Gasteiger partial charge on any atom is -0.347 e. The van der Waals surface area contributed by atoms with Crippen molar-refractivity contribution in [1.82, 2.24) is 10.6 Å². The third kappa shape index (κ3) is 3.69. The maximum Gasteiger partial charge on any atom is 0.0583 e. The highest BCUT2D eigenvalue weighted by Crippen LogP contribution is 2.42. The first kappa shape index (κ1) is 17.9. The van der Waals surface area contributed by atoms with Gasteiger partial charge in [0.15, 0.2) is 0 Å². The summed E-state index contributed by atoms with van der Waals surface area (Å²) in [6.07, 6.45) is 10.2. The highest BCUT2D eigenvalue weighted by atomic mass is 79.9. The third-order valence-electron chi connectivity index (χ3n) is 4.67. The van der Waals surface area contributed by atoms with E-state index in [9.17, 15) is 0 Å². The van der Waals surface area contributed by atoms with Gasteiger partial charge in [-0.2, -0.15) is 0 Å². The Morgan fingerprint density at radius 1 is 1.21 bits per heavy atom. The van der Waals surface area contributed by atoms with Gasteiger partial charge in [0.1, 0.15) is 0 Å². The molecule has 0 saturated carbocycles. The number of benzene rings is 1. The van der Waals surface area contributed by atoms with Crippen LogP contribution in [0.2, 0.25) is 0 Å². The highest BCUT2D eigenvalue weighted by Gasteiger charge is 2.22. The van der Waals surface area contributed by atoms with E-state index in [1.54, 1.807) is 0 Å². The molecule has 128 valence electrons. The Morgan fingerprint density at radius 2 is 2.00 bits per heavy atom. The fourth-order valence-corrected chi connectivity index (χ4v) is 4.29. The van der Waals surface area contributed by atoms with Crippen LogP contribution in [0.3, 0.4) is 0 Å². The minimum absolute atomic E-state index is 0.315. The van der Waals surface area contributed by atoms with E-state index >= 15 is 0 Å². The molecule has 5 heteroatoms. The first-order valence-corrected chi connectivity index (χ1v) is 9.91. The quantitative estimate of drug-likeness (QED) is 0.630. The average Bonchev–Trinajstić information content (AvgIpc) is 2.74. The van der Waals surface area contributed by atoms with Gasteiger partial charge in [0.25, 0.3) is 0 Å². The summed E-state index contributed by atoms with van der Waals surface area (Å²) in [5, 5.41) is 6.60. The van der Waals surface area contributed by atoms with Crippen LogP contribution in [0.25, 0.3) is 5.57 Å². The minimum atomic E-state index is 0.315. The van der Waals surface area contributed by atoms with Crippen molar-refractivity contribution in [2.75, 3.05) is 25.5 Å². The van der Waals surface area contributed by atoms with Crippen molar-refractivity contribution in [3.63, 3.8) is 0 Å². The van der Waals surface area contributed by atoms with E-state index in [4.69, 9.17) is 0 Å². The Morgan fingerprint density at radius 3 is 2.75 bits per heavy atom. The summed E-state index contributed by atoms with van der Waals surface area (Å²) < 4.78 is 2.33. The molecule has 3 nitrogen and oxygen atoms in total. The van der Waals surface area contributed by atoms with Gasteiger partial charge < -0.3 is 15.5 Å². The second-order valence-corrected chi connectivity index (χ2v) is 7.84. The molecule has 0 aromatic heterocycles. The van der Waals surface area contributed by atoms with Gasteiger partial charge in [-0.15, -0.1) is 0 Å². The zero-order valence-corrected chi connectivity index (χ0v) is 17.2. The van der Waals surface area contributed by atoms with Crippen molar-refractivity contribution in [2.24, 2.45) is 0 Å². The summed E-state index contributed by atoms with van der Waals surface area (Å²) in [5.41, 5.74) is 5.35. The summed E-state index contributed by atoms with van der Waals surface area (Å²) in [6, 6.07) is 6.61. The van der Waals surface area contributed by atoms with Gasteiger partial charge in [-0.05, 0) is 68.8 Å². The number of halogens is 2. The maximum atomic E-state index is 3.74. The first-order valence-electron chi connectivity index (χ1n) is 8.32. The van der Waals surface area contributed by atoms with Gasteiger partial charge in [0.2, 0.25) is 0 Å². The van der Waals surface area contributed by atoms with Crippen LogP contribution in [0.15, 0.2) is 51.1 Å². The second-order valence-electron chi connectivity index (χ2n) is 6.07. The van der Waals surface area contributed by atoms with Crippen LogP contribution in [0.1, 0.15) is 24.8 Å². The Kier molecular flexibility index (Phi) is 5.98. The van der Waals surface area contributed by atoms with Gasteiger partial charge in [-0.3, -0.25) is 0 Å². The average molecular weight is 453 g/mol. The number of nitrogens with zero attached hydrogens (tertiary/aromatic N) is 1. The van der Waals surface area contributed by atoms with Crippen molar-refractivity contribution < 1.29 is 0 Å². The molecule has 24 heavy (non-hydrogen) atoms. The van der Waals surface area contributed by atoms with E-state index in [1.807, 2.05) is 14.1 Å². The van der Waals surface area contributed by atoms with E-state index in [0.29, 0.717) is 6.17 Å². The van der Waals surface area contributed by atoms with Crippen molar-refractivity contribution in [1.29, 1.82) is 0 Å². The molecule has 1 heterocycles. The van der Waals surface area contributed by atoms with Crippen LogP contribution in [0.5, 0.6) is 0 Å². The number of nitrogens with one attached hydrogen (secondary N) is 2. The largest absolute Gasteiger partial charge is 0.347 e. The fraction of sp³-hybridized carbons (Fsp3) is 0.368. The number of anilines is 1. The Bertz CT molecular complexity index is 703. The summed E-state index contributed by atoms with van der Waals surface area (Å²) in [7, 11) is 3.99. The molecule has 0 saturated heterocycles. The van der Waals surface area contributed by atoms with Crippen molar-refractivity contribution in [2.45, 2.75) is 25.4 Å². The van der Waals surface area contributed by atoms with Gasteiger partial charge in [0.05, 0.1) is 6.17 Å². The van der Waals surface area contributed by atoms with Crippen molar-refractivity contribution >= 4 is 43.1 Å². The Hall–Kier alpha value is -0.880. The third-order valence-corrected chi connectivity index (χ3v) is 5.91. The molecule has 0 amide bonds.